The summed E-state index contributed by atoms with van der Waals surface area (Å²) in [5.41, 5.74) is -0.0645. The van der Waals surface area contributed by atoms with Crippen molar-refractivity contribution in [2.45, 2.75) is 38.5 Å². The minimum atomic E-state index is -4.78. The predicted octanol–water partition coefficient (Wildman–Crippen LogP) is 6.85. The van der Waals surface area contributed by atoms with Crippen molar-refractivity contribution in [1.29, 1.82) is 0 Å². The lowest BCUT2D eigenvalue weighted by Crippen LogP contribution is -2.11. The first-order valence-corrected chi connectivity index (χ1v) is 11.3. The van der Waals surface area contributed by atoms with Gasteiger partial charge in [0.2, 0.25) is 5.89 Å². The fraction of sp³-hybridized carbons (Fsp3) is 0.222. The first kappa shape index (κ1) is 25.1. The molecule has 0 aliphatic carbocycles. The van der Waals surface area contributed by atoms with E-state index in [-0.39, 0.29) is 17.9 Å². The van der Waals surface area contributed by atoms with Crippen LogP contribution in [0.3, 0.4) is 0 Å². The van der Waals surface area contributed by atoms with Crippen molar-refractivity contribution in [1.82, 2.24) is 15.0 Å². The monoisotopic (exact) mass is 497 g/mol. The number of allylic oxidation sites excluding steroid dienone is 1. The molecule has 4 rings (SSSR count). The quantitative estimate of drug-likeness (QED) is 0.177. The van der Waals surface area contributed by atoms with Gasteiger partial charge in [-0.1, -0.05) is 30.3 Å². The van der Waals surface area contributed by atoms with E-state index in [0.29, 0.717) is 11.8 Å². The van der Waals surface area contributed by atoms with Gasteiger partial charge < -0.3 is 9.15 Å². The van der Waals surface area contributed by atoms with Crippen molar-refractivity contribution >= 4 is 11.6 Å². The Morgan fingerprint density at radius 3 is 2.36 bits per heavy atom. The highest BCUT2D eigenvalue weighted by atomic mass is 19.4. The molecule has 0 N–H and O–H groups in total. The number of alkyl halides is 3. The molecule has 0 aliphatic rings. The Morgan fingerprint density at radius 2 is 1.64 bits per heavy atom. The van der Waals surface area contributed by atoms with Crippen LogP contribution in [-0.2, 0) is 19.4 Å². The highest BCUT2D eigenvalue weighted by molar-refractivity contribution is 5.81. The Balaban J connectivity index is 1.32. The first-order chi connectivity index (χ1) is 17.4. The number of hydrogen-bond acceptors (Lipinski definition) is 5. The van der Waals surface area contributed by atoms with Crippen LogP contribution in [0.15, 0.2) is 77.7 Å². The van der Waals surface area contributed by atoms with Gasteiger partial charge in [0.15, 0.2) is 0 Å². The van der Waals surface area contributed by atoms with E-state index < -0.39 is 23.5 Å². The number of aryl methyl sites for hydroxylation is 2. The summed E-state index contributed by atoms with van der Waals surface area (Å²) >= 11 is 0. The second kappa shape index (κ2) is 11.6. The second-order valence-electron chi connectivity index (χ2n) is 8.03. The number of aromatic nitrogens is 3. The van der Waals surface area contributed by atoms with Gasteiger partial charge in [-0.15, -0.1) is 0 Å². The van der Waals surface area contributed by atoms with E-state index in [1.54, 1.807) is 30.6 Å². The van der Waals surface area contributed by atoms with Crippen molar-refractivity contribution in [2.75, 3.05) is 0 Å². The molecule has 0 spiro atoms. The molecule has 0 fully saturated rings. The van der Waals surface area contributed by atoms with Crippen LogP contribution in [0.2, 0.25) is 0 Å². The zero-order valence-electron chi connectivity index (χ0n) is 19.2. The maximum Gasteiger partial charge on any atom is 0.421 e. The van der Waals surface area contributed by atoms with E-state index in [4.69, 9.17) is 9.15 Å². The van der Waals surface area contributed by atoms with E-state index in [2.05, 4.69) is 15.0 Å². The number of nitrogens with zero attached hydrogens (tertiary/aromatic N) is 3. The van der Waals surface area contributed by atoms with Crippen LogP contribution < -0.4 is 4.74 Å². The van der Waals surface area contributed by atoms with E-state index in [0.717, 1.165) is 49.4 Å². The summed E-state index contributed by atoms with van der Waals surface area (Å²) in [4.78, 5) is 12.3. The lowest BCUT2D eigenvalue weighted by atomic mass is 10.1. The number of unbranched alkanes of at least 4 members (excludes halogenated alkanes) is 1. The van der Waals surface area contributed by atoms with E-state index in [9.17, 15) is 17.6 Å². The van der Waals surface area contributed by atoms with Gasteiger partial charge in [0.1, 0.15) is 41.5 Å². The van der Waals surface area contributed by atoms with Crippen LogP contribution in [0.4, 0.5) is 17.6 Å². The average Bonchev–Trinajstić information content (AvgIpc) is 3.34. The predicted molar refractivity (Wildman–Crippen MR) is 126 cm³/mol. The van der Waals surface area contributed by atoms with Crippen molar-refractivity contribution in [2.24, 2.45) is 0 Å². The molecule has 36 heavy (non-hydrogen) atoms. The van der Waals surface area contributed by atoms with Crippen LogP contribution in [0, 0.1) is 5.82 Å². The van der Waals surface area contributed by atoms with Crippen LogP contribution in [0.25, 0.3) is 11.6 Å². The summed E-state index contributed by atoms with van der Waals surface area (Å²) in [5, 5.41) is 0. The highest BCUT2D eigenvalue weighted by Crippen LogP contribution is 2.35. The maximum absolute atomic E-state index is 13.9. The molecule has 0 amide bonds. The number of benzene rings is 2. The number of hydrogen-bond donors (Lipinski definition) is 0. The highest BCUT2D eigenvalue weighted by Gasteiger charge is 2.38. The fourth-order valence-corrected chi connectivity index (χ4v) is 3.49. The smallest absolute Gasteiger partial charge is 0.421 e. The van der Waals surface area contributed by atoms with Crippen molar-refractivity contribution in [3.8, 4) is 5.75 Å². The Kier molecular flexibility index (Phi) is 8.10. The molecule has 0 unspecified atom stereocenters. The van der Waals surface area contributed by atoms with Crippen molar-refractivity contribution in [3.05, 3.63) is 108 Å². The average molecular weight is 497 g/mol. The van der Waals surface area contributed by atoms with E-state index >= 15 is 0 Å². The van der Waals surface area contributed by atoms with Gasteiger partial charge in [-0.3, -0.25) is 0 Å². The van der Waals surface area contributed by atoms with Gasteiger partial charge >= 0.3 is 6.18 Å². The fourth-order valence-electron chi connectivity index (χ4n) is 3.49. The molecule has 0 atom stereocenters. The molecular formula is C27H23F4N3O2. The molecule has 0 bridgehead atoms. The minimum Gasteiger partial charge on any atom is -0.487 e. The number of oxazole rings is 1. The van der Waals surface area contributed by atoms with E-state index in [1.165, 1.54) is 18.2 Å². The molecule has 0 aliphatic heterocycles. The third-order valence-corrected chi connectivity index (χ3v) is 5.34. The summed E-state index contributed by atoms with van der Waals surface area (Å²) < 4.78 is 65.3. The molecular weight excluding hydrogens is 474 g/mol. The van der Waals surface area contributed by atoms with Gasteiger partial charge in [-0.05, 0) is 55.2 Å². The van der Waals surface area contributed by atoms with Gasteiger partial charge in [-0.2, -0.15) is 13.2 Å². The Bertz CT molecular complexity index is 1290. The molecule has 2 aromatic heterocycles. The topological polar surface area (TPSA) is 61.0 Å². The lowest BCUT2D eigenvalue weighted by molar-refractivity contribution is -0.0697. The summed E-state index contributed by atoms with van der Waals surface area (Å²) in [6, 6.07) is 14.5. The lowest BCUT2D eigenvalue weighted by Gasteiger charge is -2.09. The zero-order chi connectivity index (χ0) is 25.4. The van der Waals surface area contributed by atoms with Crippen LogP contribution in [0.1, 0.15) is 41.4 Å². The minimum absolute atomic E-state index is 0.0786. The van der Waals surface area contributed by atoms with Gasteiger partial charge in [0.25, 0.3) is 0 Å². The molecule has 0 saturated heterocycles. The summed E-state index contributed by atoms with van der Waals surface area (Å²) in [5.74, 6) is -0.0371. The number of rotatable bonds is 10. The second-order valence-corrected chi connectivity index (χ2v) is 8.03. The van der Waals surface area contributed by atoms with Crippen molar-refractivity contribution < 1.29 is 26.7 Å². The normalized spacial score (nSPS) is 12.1. The summed E-state index contributed by atoms with van der Waals surface area (Å²) in [6.45, 7) is -0.0786. The Morgan fingerprint density at radius 1 is 0.917 bits per heavy atom. The largest absolute Gasteiger partial charge is 0.487 e. The Labute approximate surface area is 205 Å². The SMILES string of the molecule is Fc1ccccc1C=C(c1nc(COc2ccc(CCCCc3ncccn3)cc2)co1)C(F)(F)F. The molecule has 0 radical (unpaired) electrons. The first-order valence-electron chi connectivity index (χ1n) is 11.3. The Hall–Kier alpha value is -4.01. The van der Waals surface area contributed by atoms with Crippen molar-refractivity contribution in [3.63, 3.8) is 0 Å². The van der Waals surface area contributed by atoms with Gasteiger partial charge in [-0.25, -0.2) is 19.3 Å². The molecule has 186 valence electrons. The number of ether oxygens (including phenoxy) is 1. The molecule has 0 saturated carbocycles. The molecule has 4 aromatic rings. The van der Waals surface area contributed by atoms with Crippen LogP contribution >= 0.6 is 0 Å². The maximum atomic E-state index is 13.9. The van der Waals surface area contributed by atoms with Crippen LogP contribution in [0.5, 0.6) is 5.75 Å². The third-order valence-electron chi connectivity index (χ3n) is 5.34. The molecule has 9 heteroatoms. The standard InChI is InChI=1S/C27H23F4N3O2/c28-24-8-3-2-7-20(24)16-23(27(29,30)31)26-34-21(18-36-26)17-35-22-12-10-19(11-13-22)6-1-4-9-25-32-14-5-15-33-25/h2-3,5,7-8,10-16,18H,1,4,6,9,17H2. The summed E-state index contributed by atoms with van der Waals surface area (Å²) in [6.07, 6.45) is 4.15. The van der Waals surface area contributed by atoms with Crippen LogP contribution in [-0.4, -0.2) is 21.1 Å². The zero-order valence-corrected chi connectivity index (χ0v) is 19.2. The van der Waals surface area contributed by atoms with E-state index in [1.807, 2.05) is 12.1 Å². The van der Waals surface area contributed by atoms with Gasteiger partial charge in [0, 0.05) is 24.4 Å². The molecule has 2 aromatic carbocycles. The van der Waals surface area contributed by atoms with Gasteiger partial charge in [0.05, 0.1) is 0 Å². The summed E-state index contributed by atoms with van der Waals surface area (Å²) in [7, 11) is 0. The molecule has 2 heterocycles. The number of halogens is 4. The molecule has 5 nitrogen and oxygen atoms in total. The third kappa shape index (κ3) is 7.00.